The van der Waals surface area contributed by atoms with Crippen LogP contribution >= 0.6 is 0 Å². The summed E-state index contributed by atoms with van der Waals surface area (Å²) in [6.07, 6.45) is 0. The molecule has 76 valence electrons. The summed E-state index contributed by atoms with van der Waals surface area (Å²) in [5.74, 6) is -1.77. The van der Waals surface area contributed by atoms with Crippen molar-refractivity contribution in [1.82, 2.24) is 15.3 Å². The lowest BCUT2D eigenvalue weighted by atomic mass is 10.4. The number of carbonyl (C=O) groups is 4. The van der Waals surface area contributed by atoms with E-state index in [0.29, 0.717) is 5.01 Å². The SMILES string of the molecule is CC(=O)N1CC(=O)NC(=O)N1C(C)=O. The number of urea groups is 1. The lowest BCUT2D eigenvalue weighted by molar-refractivity contribution is -0.159. The van der Waals surface area contributed by atoms with E-state index < -0.39 is 23.8 Å². The van der Waals surface area contributed by atoms with E-state index >= 15 is 0 Å². The first-order valence-corrected chi connectivity index (χ1v) is 3.86. The van der Waals surface area contributed by atoms with Crippen LogP contribution in [0.2, 0.25) is 0 Å². The Morgan fingerprint density at radius 1 is 1.21 bits per heavy atom. The van der Waals surface area contributed by atoms with E-state index in [1.807, 2.05) is 5.32 Å². The van der Waals surface area contributed by atoms with E-state index in [4.69, 9.17) is 0 Å². The normalized spacial score (nSPS) is 16.7. The molecule has 1 N–H and O–H groups in total. The Morgan fingerprint density at radius 3 is 2.21 bits per heavy atom. The molecular formula is C7H9N3O4. The third kappa shape index (κ3) is 1.70. The van der Waals surface area contributed by atoms with Crippen LogP contribution in [-0.4, -0.2) is 40.3 Å². The summed E-state index contributed by atoms with van der Waals surface area (Å²) >= 11 is 0. The standard InChI is InChI=1S/C7H9N3O4/c1-4(11)9-3-6(13)8-7(14)10(9)5(2)12/h3H2,1-2H3,(H,8,13,14). The molecule has 0 spiro atoms. The van der Waals surface area contributed by atoms with Crippen molar-refractivity contribution in [1.29, 1.82) is 0 Å². The first-order valence-electron chi connectivity index (χ1n) is 3.86. The van der Waals surface area contributed by atoms with Gasteiger partial charge in [-0.3, -0.25) is 19.7 Å². The smallest absolute Gasteiger partial charge is 0.274 e. The molecule has 0 radical (unpaired) electrons. The van der Waals surface area contributed by atoms with E-state index in [1.54, 1.807) is 0 Å². The summed E-state index contributed by atoms with van der Waals surface area (Å²) in [5, 5.41) is 3.32. The minimum atomic E-state index is -0.899. The molecule has 1 heterocycles. The van der Waals surface area contributed by atoms with E-state index in [-0.39, 0.29) is 6.54 Å². The number of imide groups is 2. The third-order valence-electron chi connectivity index (χ3n) is 1.64. The molecule has 0 aliphatic carbocycles. The molecule has 0 bridgehead atoms. The van der Waals surface area contributed by atoms with Crippen LogP contribution in [0.5, 0.6) is 0 Å². The van der Waals surface area contributed by atoms with Gasteiger partial charge in [0, 0.05) is 13.8 Å². The number of hydrogen-bond acceptors (Lipinski definition) is 4. The van der Waals surface area contributed by atoms with Gasteiger partial charge in [0.1, 0.15) is 6.54 Å². The Kier molecular flexibility index (Phi) is 2.50. The van der Waals surface area contributed by atoms with Gasteiger partial charge >= 0.3 is 6.03 Å². The average molecular weight is 199 g/mol. The molecule has 1 saturated heterocycles. The van der Waals surface area contributed by atoms with Gasteiger partial charge < -0.3 is 0 Å². The average Bonchev–Trinajstić information content (AvgIpc) is 2.01. The maximum absolute atomic E-state index is 11.1. The second-order valence-electron chi connectivity index (χ2n) is 2.76. The van der Waals surface area contributed by atoms with Crippen LogP contribution < -0.4 is 5.32 Å². The summed E-state index contributed by atoms with van der Waals surface area (Å²) in [4.78, 5) is 44.0. The second kappa shape index (κ2) is 3.44. The zero-order valence-corrected chi connectivity index (χ0v) is 7.73. The quantitative estimate of drug-likeness (QED) is 0.533. The third-order valence-corrected chi connectivity index (χ3v) is 1.64. The molecule has 0 aromatic carbocycles. The highest BCUT2D eigenvalue weighted by molar-refractivity contribution is 6.06. The summed E-state index contributed by atoms with van der Waals surface area (Å²) < 4.78 is 0. The fourth-order valence-electron chi connectivity index (χ4n) is 1.09. The van der Waals surface area contributed by atoms with Crippen molar-refractivity contribution in [3.05, 3.63) is 0 Å². The fraction of sp³-hybridized carbons (Fsp3) is 0.429. The molecule has 1 aliphatic heterocycles. The lowest BCUT2D eigenvalue weighted by Crippen LogP contribution is -2.63. The van der Waals surface area contributed by atoms with Gasteiger partial charge in [0.05, 0.1) is 0 Å². The minimum absolute atomic E-state index is 0.319. The van der Waals surface area contributed by atoms with E-state index in [2.05, 4.69) is 0 Å². The Balaban J connectivity index is 2.97. The first kappa shape index (κ1) is 10.2. The number of carbonyl (C=O) groups excluding carboxylic acids is 4. The molecule has 1 fully saturated rings. The summed E-state index contributed by atoms with van der Waals surface area (Å²) in [6.45, 7) is 1.98. The van der Waals surface area contributed by atoms with Crippen molar-refractivity contribution in [3.8, 4) is 0 Å². The highest BCUT2D eigenvalue weighted by Crippen LogP contribution is 2.05. The Bertz CT molecular complexity index is 325. The molecule has 7 nitrogen and oxygen atoms in total. The molecule has 14 heavy (non-hydrogen) atoms. The lowest BCUT2D eigenvalue weighted by Gasteiger charge is -2.34. The van der Waals surface area contributed by atoms with Gasteiger partial charge in [-0.25, -0.2) is 9.80 Å². The van der Waals surface area contributed by atoms with Gasteiger partial charge in [0.25, 0.3) is 0 Å². The maximum atomic E-state index is 11.1. The molecule has 0 unspecified atom stereocenters. The van der Waals surface area contributed by atoms with Gasteiger partial charge in [0.15, 0.2) is 0 Å². The van der Waals surface area contributed by atoms with Gasteiger partial charge in [0.2, 0.25) is 17.7 Å². The molecule has 5 amide bonds. The number of nitrogens with one attached hydrogen (secondary N) is 1. The molecule has 7 heteroatoms. The summed E-state index contributed by atoms with van der Waals surface area (Å²) in [6, 6.07) is -0.899. The van der Waals surface area contributed by atoms with Crippen LogP contribution in [-0.2, 0) is 14.4 Å². The van der Waals surface area contributed by atoms with E-state index in [9.17, 15) is 19.2 Å². The topological polar surface area (TPSA) is 86.8 Å². The molecule has 0 aromatic heterocycles. The zero-order chi connectivity index (χ0) is 10.9. The van der Waals surface area contributed by atoms with Crippen molar-refractivity contribution in [2.45, 2.75) is 13.8 Å². The van der Waals surface area contributed by atoms with Gasteiger partial charge in [-0.1, -0.05) is 0 Å². The van der Waals surface area contributed by atoms with Crippen molar-refractivity contribution < 1.29 is 19.2 Å². The molecule has 0 atom stereocenters. The Morgan fingerprint density at radius 2 is 1.79 bits per heavy atom. The monoisotopic (exact) mass is 199 g/mol. The van der Waals surface area contributed by atoms with Gasteiger partial charge in [-0.05, 0) is 0 Å². The van der Waals surface area contributed by atoms with Crippen LogP contribution in [0.25, 0.3) is 0 Å². The molecule has 1 aliphatic rings. The van der Waals surface area contributed by atoms with Crippen molar-refractivity contribution in [2.24, 2.45) is 0 Å². The number of hydrazine groups is 1. The largest absolute Gasteiger partial charge is 0.350 e. The van der Waals surface area contributed by atoms with Crippen LogP contribution in [0, 0.1) is 0 Å². The van der Waals surface area contributed by atoms with Crippen LogP contribution in [0.15, 0.2) is 0 Å². The van der Waals surface area contributed by atoms with E-state index in [0.717, 1.165) is 11.9 Å². The second-order valence-corrected chi connectivity index (χ2v) is 2.76. The van der Waals surface area contributed by atoms with Crippen molar-refractivity contribution in [3.63, 3.8) is 0 Å². The predicted molar refractivity (Wildman–Crippen MR) is 43.4 cm³/mol. The van der Waals surface area contributed by atoms with E-state index in [1.165, 1.54) is 6.92 Å². The summed E-state index contributed by atoms with van der Waals surface area (Å²) in [7, 11) is 0. The summed E-state index contributed by atoms with van der Waals surface area (Å²) in [5.41, 5.74) is 0. The first-order chi connectivity index (χ1) is 6.43. The number of nitrogens with zero attached hydrogens (tertiary/aromatic N) is 2. The van der Waals surface area contributed by atoms with Crippen molar-refractivity contribution in [2.75, 3.05) is 6.54 Å². The molecular weight excluding hydrogens is 190 g/mol. The fourth-order valence-corrected chi connectivity index (χ4v) is 1.09. The highest BCUT2D eigenvalue weighted by atomic mass is 16.2. The van der Waals surface area contributed by atoms with Crippen molar-refractivity contribution >= 4 is 23.8 Å². The Labute approximate surface area is 79.6 Å². The Hall–Kier alpha value is -1.92. The highest BCUT2D eigenvalue weighted by Gasteiger charge is 2.34. The zero-order valence-electron chi connectivity index (χ0n) is 7.73. The number of hydrogen-bond donors (Lipinski definition) is 1. The molecule has 0 aromatic rings. The number of amides is 5. The van der Waals surface area contributed by atoms with Crippen LogP contribution in [0.1, 0.15) is 13.8 Å². The molecule has 1 rings (SSSR count). The van der Waals surface area contributed by atoms with Gasteiger partial charge in [-0.2, -0.15) is 5.01 Å². The minimum Gasteiger partial charge on any atom is -0.274 e. The number of rotatable bonds is 0. The maximum Gasteiger partial charge on any atom is 0.350 e. The predicted octanol–water partition coefficient (Wildman–Crippen LogP) is -1.15. The molecule has 0 saturated carbocycles. The van der Waals surface area contributed by atoms with Gasteiger partial charge in [-0.15, -0.1) is 0 Å². The van der Waals surface area contributed by atoms with Crippen LogP contribution in [0.3, 0.4) is 0 Å². The van der Waals surface area contributed by atoms with Crippen LogP contribution in [0.4, 0.5) is 4.79 Å².